The first-order valence-corrected chi connectivity index (χ1v) is 9.90. The number of carbonyl (C=O) groups is 1. The molecular weight excluding hydrogens is 346 g/mol. The van der Waals surface area contributed by atoms with Gasteiger partial charge in [-0.3, -0.25) is 9.80 Å². The van der Waals surface area contributed by atoms with Gasteiger partial charge in [-0.25, -0.2) is 5.01 Å². The van der Waals surface area contributed by atoms with E-state index >= 15 is 0 Å². The Bertz CT molecular complexity index is 537. The molecule has 1 atom stereocenters. The monoisotopic (exact) mass is 379 g/mol. The van der Waals surface area contributed by atoms with Crippen LogP contribution in [0.1, 0.15) is 58.3 Å². The molecule has 6 heteroatoms. The fourth-order valence-corrected chi connectivity index (χ4v) is 3.48. The molecule has 0 radical (unpaired) electrons. The number of rotatable bonds is 12. The molecule has 1 aromatic rings. The number of hydrogen-bond acceptors (Lipinski definition) is 3. The molecule has 0 amide bonds. The Labute approximate surface area is 163 Å². The second kappa shape index (κ2) is 12.7. The van der Waals surface area contributed by atoms with Crippen molar-refractivity contribution in [3.8, 4) is 0 Å². The standard InChI is InChI=1S/C20H33N3O2S/c1-4-5-7-14-18(15-10-11-16-19(24)25)23(22(2)3)20(26)21-17-12-8-6-9-13-17/h6,8-9,12-13,18H,4-5,7,10-11,14-16H2,1-3H3,(H,21,26)(H,24,25). The van der Waals surface area contributed by atoms with Gasteiger partial charge in [0.2, 0.25) is 0 Å². The third kappa shape index (κ3) is 8.63. The third-order valence-electron chi connectivity index (χ3n) is 4.33. The summed E-state index contributed by atoms with van der Waals surface area (Å²) in [7, 11) is 4.01. The van der Waals surface area contributed by atoms with Crippen LogP contribution in [0.4, 0.5) is 5.69 Å². The van der Waals surface area contributed by atoms with Crippen LogP contribution in [0.5, 0.6) is 0 Å². The number of nitrogens with one attached hydrogen (secondary N) is 1. The van der Waals surface area contributed by atoms with E-state index in [0.717, 1.165) is 31.4 Å². The maximum Gasteiger partial charge on any atom is 0.303 e. The molecule has 0 fully saturated rings. The summed E-state index contributed by atoms with van der Waals surface area (Å²) >= 11 is 5.69. The summed E-state index contributed by atoms with van der Waals surface area (Å²) in [6.45, 7) is 2.20. The summed E-state index contributed by atoms with van der Waals surface area (Å²) < 4.78 is 0. The van der Waals surface area contributed by atoms with Crippen LogP contribution in [0, 0.1) is 0 Å². The Morgan fingerprint density at radius 1 is 1.12 bits per heavy atom. The minimum absolute atomic E-state index is 0.232. The van der Waals surface area contributed by atoms with E-state index in [1.54, 1.807) is 0 Å². The maximum atomic E-state index is 10.8. The van der Waals surface area contributed by atoms with E-state index in [2.05, 4.69) is 17.2 Å². The Hall–Kier alpha value is -1.66. The average molecular weight is 380 g/mol. The van der Waals surface area contributed by atoms with Crippen LogP contribution in [-0.4, -0.2) is 46.3 Å². The fraction of sp³-hybridized carbons (Fsp3) is 0.600. The maximum absolute atomic E-state index is 10.8. The number of aliphatic carboxylic acids is 1. The Morgan fingerprint density at radius 3 is 2.27 bits per heavy atom. The molecule has 2 N–H and O–H groups in total. The summed E-state index contributed by atoms with van der Waals surface area (Å²) in [5, 5.41) is 17.0. The molecule has 1 rings (SSSR count). The fourth-order valence-electron chi connectivity index (χ4n) is 3.05. The van der Waals surface area contributed by atoms with Gasteiger partial charge in [-0.2, -0.15) is 0 Å². The van der Waals surface area contributed by atoms with Gasteiger partial charge in [-0.05, 0) is 43.6 Å². The Kier molecular flexibility index (Phi) is 10.9. The second-order valence-corrected chi connectivity index (χ2v) is 7.16. The lowest BCUT2D eigenvalue weighted by molar-refractivity contribution is -0.137. The third-order valence-corrected chi connectivity index (χ3v) is 4.62. The van der Waals surface area contributed by atoms with Gasteiger partial charge in [-0.15, -0.1) is 0 Å². The molecule has 1 aromatic carbocycles. The van der Waals surface area contributed by atoms with Crippen LogP contribution < -0.4 is 5.32 Å². The molecule has 0 spiro atoms. The Morgan fingerprint density at radius 2 is 1.73 bits per heavy atom. The minimum Gasteiger partial charge on any atom is -0.481 e. The smallest absolute Gasteiger partial charge is 0.303 e. The average Bonchev–Trinajstić information content (AvgIpc) is 2.59. The lowest BCUT2D eigenvalue weighted by atomic mass is 10.0. The van der Waals surface area contributed by atoms with E-state index in [0.29, 0.717) is 11.5 Å². The highest BCUT2D eigenvalue weighted by Gasteiger charge is 2.23. The van der Waals surface area contributed by atoms with Crippen molar-refractivity contribution in [2.24, 2.45) is 0 Å². The molecule has 0 aromatic heterocycles. The molecule has 0 heterocycles. The molecular formula is C20H33N3O2S. The largest absolute Gasteiger partial charge is 0.481 e. The van der Waals surface area contributed by atoms with E-state index in [9.17, 15) is 4.79 Å². The quantitative estimate of drug-likeness (QED) is 0.310. The zero-order valence-corrected chi connectivity index (χ0v) is 17.1. The predicted molar refractivity (Wildman–Crippen MR) is 112 cm³/mol. The molecule has 26 heavy (non-hydrogen) atoms. The highest BCUT2D eigenvalue weighted by atomic mass is 32.1. The van der Waals surface area contributed by atoms with Crippen molar-refractivity contribution in [2.45, 2.75) is 64.3 Å². The van der Waals surface area contributed by atoms with Crippen molar-refractivity contribution < 1.29 is 9.90 Å². The van der Waals surface area contributed by atoms with Crippen molar-refractivity contribution in [2.75, 3.05) is 19.4 Å². The topological polar surface area (TPSA) is 55.8 Å². The number of nitrogens with zero attached hydrogens (tertiary/aromatic N) is 2. The van der Waals surface area contributed by atoms with Crippen LogP contribution >= 0.6 is 12.2 Å². The summed E-state index contributed by atoms with van der Waals surface area (Å²) in [4.78, 5) is 10.8. The van der Waals surface area contributed by atoms with Gasteiger partial charge in [-0.1, -0.05) is 50.8 Å². The van der Waals surface area contributed by atoms with Gasteiger partial charge in [0.25, 0.3) is 0 Å². The van der Waals surface area contributed by atoms with Crippen LogP contribution in [0.3, 0.4) is 0 Å². The number of hydrogen-bond donors (Lipinski definition) is 2. The van der Waals surface area contributed by atoms with E-state index in [-0.39, 0.29) is 12.5 Å². The first kappa shape index (κ1) is 22.4. The molecule has 5 nitrogen and oxygen atoms in total. The molecule has 0 bridgehead atoms. The van der Waals surface area contributed by atoms with Crippen molar-refractivity contribution in [3.05, 3.63) is 30.3 Å². The summed E-state index contributed by atoms with van der Waals surface area (Å²) in [5.41, 5.74) is 0.975. The lowest BCUT2D eigenvalue weighted by Crippen LogP contribution is -2.50. The first-order valence-electron chi connectivity index (χ1n) is 9.50. The highest BCUT2D eigenvalue weighted by molar-refractivity contribution is 7.80. The number of unbranched alkanes of at least 4 members (excludes halogenated alkanes) is 3. The van der Waals surface area contributed by atoms with E-state index in [1.807, 2.05) is 49.4 Å². The van der Waals surface area contributed by atoms with Gasteiger partial charge in [0, 0.05) is 32.2 Å². The van der Waals surface area contributed by atoms with E-state index < -0.39 is 5.97 Å². The predicted octanol–water partition coefficient (Wildman–Crippen LogP) is 4.76. The van der Waals surface area contributed by atoms with Crippen molar-refractivity contribution in [1.29, 1.82) is 0 Å². The van der Waals surface area contributed by atoms with Crippen LogP contribution in [0.25, 0.3) is 0 Å². The van der Waals surface area contributed by atoms with Crippen molar-refractivity contribution in [3.63, 3.8) is 0 Å². The first-order chi connectivity index (χ1) is 12.5. The number of anilines is 1. The van der Waals surface area contributed by atoms with Gasteiger partial charge in [0.15, 0.2) is 5.11 Å². The van der Waals surface area contributed by atoms with E-state index in [4.69, 9.17) is 17.3 Å². The minimum atomic E-state index is -0.724. The number of thiocarbonyl (C=S) groups is 1. The number of para-hydroxylation sites is 1. The van der Waals surface area contributed by atoms with Crippen molar-refractivity contribution in [1.82, 2.24) is 10.0 Å². The molecule has 0 saturated heterocycles. The summed E-state index contributed by atoms with van der Waals surface area (Å²) in [5.74, 6) is -0.724. The van der Waals surface area contributed by atoms with Crippen molar-refractivity contribution >= 4 is 29.0 Å². The molecule has 0 saturated carbocycles. The lowest BCUT2D eigenvalue weighted by Gasteiger charge is -2.38. The molecule has 0 aliphatic heterocycles. The van der Waals surface area contributed by atoms with E-state index in [1.165, 1.54) is 12.8 Å². The highest BCUT2D eigenvalue weighted by Crippen LogP contribution is 2.20. The number of carboxylic acid groups (broad SMARTS) is 1. The zero-order valence-electron chi connectivity index (χ0n) is 16.3. The molecule has 146 valence electrons. The van der Waals surface area contributed by atoms with Crippen LogP contribution in [0.15, 0.2) is 30.3 Å². The normalized spacial score (nSPS) is 12.0. The molecule has 1 unspecified atom stereocenters. The Balaban J connectivity index is 2.76. The van der Waals surface area contributed by atoms with Gasteiger partial charge in [0.05, 0.1) is 0 Å². The number of benzene rings is 1. The van der Waals surface area contributed by atoms with Gasteiger partial charge >= 0.3 is 5.97 Å². The van der Waals surface area contributed by atoms with Crippen LogP contribution in [-0.2, 0) is 4.79 Å². The van der Waals surface area contributed by atoms with Gasteiger partial charge < -0.3 is 10.4 Å². The second-order valence-electron chi connectivity index (χ2n) is 6.78. The number of carboxylic acids is 1. The van der Waals surface area contributed by atoms with Crippen LogP contribution in [0.2, 0.25) is 0 Å². The summed E-state index contributed by atoms with van der Waals surface area (Å²) in [6.07, 6.45) is 7.35. The zero-order chi connectivity index (χ0) is 19.4. The summed E-state index contributed by atoms with van der Waals surface area (Å²) in [6, 6.07) is 10.2. The molecule has 0 aliphatic carbocycles. The van der Waals surface area contributed by atoms with Gasteiger partial charge in [0.1, 0.15) is 0 Å². The SMILES string of the molecule is CCCCCC(CCCCC(=O)O)N(C(=S)Nc1ccccc1)N(C)C. The molecule has 0 aliphatic rings. The number of hydrazine groups is 1.